The Labute approximate surface area is 138 Å². The van der Waals surface area contributed by atoms with Gasteiger partial charge in [-0.1, -0.05) is 24.6 Å². The minimum Gasteiger partial charge on any atom is -0.355 e. The molecule has 1 saturated heterocycles. The van der Waals surface area contributed by atoms with Gasteiger partial charge in [0.25, 0.3) is 0 Å². The average Bonchev–Trinajstić information content (AvgIpc) is 2.59. The van der Waals surface area contributed by atoms with Gasteiger partial charge < -0.3 is 11.1 Å². The van der Waals surface area contributed by atoms with E-state index < -0.39 is 16.1 Å². The summed E-state index contributed by atoms with van der Waals surface area (Å²) in [5.74, 6) is -0.207. The zero-order chi connectivity index (χ0) is 16.7. The van der Waals surface area contributed by atoms with E-state index in [0.717, 1.165) is 25.7 Å². The Bertz CT molecular complexity index is 604. The third-order valence-corrected chi connectivity index (χ3v) is 5.96. The first-order chi connectivity index (χ1) is 11.1. The van der Waals surface area contributed by atoms with Crippen LogP contribution in [-0.2, 0) is 14.8 Å². The van der Waals surface area contributed by atoms with Crippen LogP contribution in [0.5, 0.6) is 0 Å². The van der Waals surface area contributed by atoms with Crippen LogP contribution in [0.1, 0.15) is 32.1 Å². The first kappa shape index (κ1) is 17.9. The van der Waals surface area contributed by atoms with Gasteiger partial charge in [0.15, 0.2) is 0 Å². The Morgan fingerprint density at radius 1 is 1.22 bits per heavy atom. The van der Waals surface area contributed by atoms with E-state index >= 15 is 0 Å². The molecule has 6 nitrogen and oxygen atoms in total. The van der Waals surface area contributed by atoms with Crippen LogP contribution in [0.3, 0.4) is 0 Å². The molecule has 0 aliphatic carbocycles. The van der Waals surface area contributed by atoms with E-state index in [9.17, 15) is 13.2 Å². The van der Waals surface area contributed by atoms with E-state index in [1.165, 1.54) is 4.31 Å². The first-order valence-corrected chi connectivity index (χ1v) is 9.56. The second-order valence-electron chi connectivity index (χ2n) is 5.73. The first-order valence-electron chi connectivity index (χ1n) is 8.12. The molecule has 1 aromatic carbocycles. The van der Waals surface area contributed by atoms with Gasteiger partial charge in [-0.3, -0.25) is 4.79 Å². The molecule has 1 aromatic rings. The topological polar surface area (TPSA) is 92.5 Å². The molecule has 1 aliphatic heterocycles. The number of hydrogen-bond donors (Lipinski definition) is 2. The second kappa shape index (κ2) is 8.42. The minimum absolute atomic E-state index is 0.207. The summed E-state index contributed by atoms with van der Waals surface area (Å²) >= 11 is 0. The fourth-order valence-electron chi connectivity index (χ4n) is 2.78. The van der Waals surface area contributed by atoms with Crippen molar-refractivity contribution in [1.29, 1.82) is 0 Å². The zero-order valence-electron chi connectivity index (χ0n) is 13.3. The largest absolute Gasteiger partial charge is 0.355 e. The molecule has 0 radical (unpaired) electrons. The maximum atomic E-state index is 12.8. The van der Waals surface area contributed by atoms with Crippen molar-refractivity contribution in [1.82, 2.24) is 9.62 Å². The normalized spacial score (nSPS) is 19.4. The lowest BCUT2D eigenvalue weighted by atomic mass is 10.0. The van der Waals surface area contributed by atoms with Crippen molar-refractivity contribution in [2.45, 2.75) is 43.0 Å². The summed E-state index contributed by atoms with van der Waals surface area (Å²) in [6.45, 7) is 1.51. The molecule has 0 spiro atoms. The lowest BCUT2D eigenvalue weighted by Gasteiger charge is -2.33. The van der Waals surface area contributed by atoms with Crippen LogP contribution in [0.15, 0.2) is 35.2 Å². The van der Waals surface area contributed by atoms with Gasteiger partial charge in [-0.2, -0.15) is 4.31 Å². The third kappa shape index (κ3) is 4.53. The van der Waals surface area contributed by atoms with Gasteiger partial charge in [0.05, 0.1) is 4.90 Å². The molecule has 0 bridgehead atoms. The number of unbranched alkanes of at least 4 members (excludes halogenated alkanes) is 1. The smallest absolute Gasteiger partial charge is 0.243 e. The molecule has 0 saturated carbocycles. The van der Waals surface area contributed by atoms with Crippen LogP contribution in [0, 0.1) is 0 Å². The summed E-state index contributed by atoms with van der Waals surface area (Å²) in [5.41, 5.74) is 5.43. The Hall–Kier alpha value is -1.44. The Morgan fingerprint density at radius 3 is 2.65 bits per heavy atom. The van der Waals surface area contributed by atoms with E-state index in [-0.39, 0.29) is 10.8 Å². The maximum Gasteiger partial charge on any atom is 0.243 e. The van der Waals surface area contributed by atoms with Crippen molar-refractivity contribution in [2.24, 2.45) is 5.73 Å². The number of rotatable bonds is 7. The molecule has 128 valence electrons. The third-order valence-electron chi connectivity index (χ3n) is 4.04. The lowest BCUT2D eigenvalue weighted by Crippen LogP contribution is -2.51. The van der Waals surface area contributed by atoms with Gasteiger partial charge in [-0.25, -0.2) is 8.42 Å². The highest BCUT2D eigenvalue weighted by atomic mass is 32.2. The molecule has 1 unspecified atom stereocenters. The molecule has 3 N–H and O–H groups in total. The van der Waals surface area contributed by atoms with Crippen LogP contribution in [0.2, 0.25) is 0 Å². The number of carbonyl (C=O) groups is 1. The van der Waals surface area contributed by atoms with Crippen molar-refractivity contribution in [3.05, 3.63) is 30.3 Å². The summed E-state index contributed by atoms with van der Waals surface area (Å²) in [4.78, 5) is 12.6. The molecular formula is C16H25N3O3S. The van der Waals surface area contributed by atoms with Crippen molar-refractivity contribution in [2.75, 3.05) is 19.6 Å². The number of nitrogens with zero attached hydrogens (tertiary/aromatic N) is 1. The van der Waals surface area contributed by atoms with Gasteiger partial charge >= 0.3 is 0 Å². The predicted molar refractivity (Wildman–Crippen MR) is 89.3 cm³/mol. The zero-order valence-corrected chi connectivity index (χ0v) is 14.1. The summed E-state index contributed by atoms with van der Waals surface area (Å²) in [5, 5.41) is 2.84. The van der Waals surface area contributed by atoms with Crippen molar-refractivity contribution >= 4 is 15.9 Å². The molecular weight excluding hydrogens is 314 g/mol. The van der Waals surface area contributed by atoms with E-state index in [4.69, 9.17) is 5.73 Å². The van der Waals surface area contributed by atoms with Crippen LogP contribution >= 0.6 is 0 Å². The summed E-state index contributed by atoms with van der Waals surface area (Å²) in [7, 11) is -3.64. The van der Waals surface area contributed by atoms with Crippen LogP contribution in [0.4, 0.5) is 0 Å². The highest BCUT2D eigenvalue weighted by molar-refractivity contribution is 7.89. The standard InChI is InChI=1S/C16H25N3O3S/c17-11-5-6-12-18-16(20)15-10-4-7-13-19(15)23(21,22)14-8-2-1-3-9-14/h1-3,8-9,15H,4-7,10-13,17H2,(H,18,20). The monoisotopic (exact) mass is 339 g/mol. The van der Waals surface area contributed by atoms with Crippen LogP contribution < -0.4 is 11.1 Å². The second-order valence-corrected chi connectivity index (χ2v) is 7.62. The lowest BCUT2D eigenvalue weighted by molar-refractivity contribution is -0.125. The Balaban J connectivity index is 2.10. The van der Waals surface area contributed by atoms with Gasteiger partial charge in [-0.05, 0) is 44.4 Å². The molecule has 0 aromatic heterocycles. The number of nitrogens with two attached hydrogens (primary N) is 1. The van der Waals surface area contributed by atoms with Gasteiger partial charge in [-0.15, -0.1) is 0 Å². The quantitative estimate of drug-likeness (QED) is 0.727. The van der Waals surface area contributed by atoms with E-state index in [0.29, 0.717) is 26.1 Å². The molecule has 2 rings (SSSR count). The number of benzene rings is 1. The molecule has 1 amide bonds. The van der Waals surface area contributed by atoms with E-state index in [1.807, 2.05) is 0 Å². The number of piperidine rings is 1. The highest BCUT2D eigenvalue weighted by Crippen LogP contribution is 2.25. The Morgan fingerprint density at radius 2 is 1.96 bits per heavy atom. The molecule has 23 heavy (non-hydrogen) atoms. The number of sulfonamides is 1. The van der Waals surface area contributed by atoms with Crippen molar-refractivity contribution in [3.8, 4) is 0 Å². The van der Waals surface area contributed by atoms with Crippen molar-refractivity contribution < 1.29 is 13.2 Å². The van der Waals surface area contributed by atoms with Gasteiger partial charge in [0.1, 0.15) is 6.04 Å². The van der Waals surface area contributed by atoms with Crippen molar-refractivity contribution in [3.63, 3.8) is 0 Å². The van der Waals surface area contributed by atoms with Gasteiger partial charge in [0.2, 0.25) is 15.9 Å². The summed E-state index contributed by atoms with van der Waals surface area (Å²) in [6, 6.07) is 7.68. The summed E-state index contributed by atoms with van der Waals surface area (Å²) in [6.07, 6.45) is 3.86. The number of hydrogen-bond acceptors (Lipinski definition) is 4. The van der Waals surface area contributed by atoms with Gasteiger partial charge in [0, 0.05) is 13.1 Å². The molecule has 7 heteroatoms. The average molecular weight is 339 g/mol. The molecule has 1 aliphatic rings. The molecule has 1 heterocycles. The number of carbonyl (C=O) groups excluding carboxylic acids is 1. The number of amides is 1. The van der Waals surface area contributed by atoms with Crippen LogP contribution in [0.25, 0.3) is 0 Å². The van der Waals surface area contributed by atoms with E-state index in [2.05, 4.69) is 5.32 Å². The SMILES string of the molecule is NCCCCNC(=O)C1CCCCN1S(=O)(=O)c1ccccc1. The maximum absolute atomic E-state index is 12.8. The highest BCUT2D eigenvalue weighted by Gasteiger charge is 2.37. The predicted octanol–water partition coefficient (Wildman–Crippen LogP) is 1.08. The molecule has 1 atom stereocenters. The van der Waals surface area contributed by atoms with E-state index in [1.54, 1.807) is 30.3 Å². The molecule has 1 fully saturated rings. The minimum atomic E-state index is -3.64. The fraction of sp³-hybridized carbons (Fsp3) is 0.562. The Kier molecular flexibility index (Phi) is 6.56. The summed E-state index contributed by atoms with van der Waals surface area (Å²) < 4.78 is 27.0. The number of nitrogens with one attached hydrogen (secondary N) is 1. The fourth-order valence-corrected chi connectivity index (χ4v) is 4.46. The van der Waals surface area contributed by atoms with Crippen LogP contribution in [-0.4, -0.2) is 44.3 Å².